The van der Waals surface area contributed by atoms with Crippen LogP contribution in [-0.2, 0) is 11.3 Å². The second kappa shape index (κ2) is 11.6. The summed E-state index contributed by atoms with van der Waals surface area (Å²) in [5.74, 6) is -0.0467. The Balaban J connectivity index is 0.00000261. The maximum absolute atomic E-state index is 10.7. The van der Waals surface area contributed by atoms with Gasteiger partial charge < -0.3 is 5.11 Å². The molecule has 1 saturated heterocycles. The molecule has 1 fully saturated rings. The molecule has 0 unspecified atom stereocenters. The van der Waals surface area contributed by atoms with Crippen LogP contribution >= 0.6 is 0 Å². The van der Waals surface area contributed by atoms with Gasteiger partial charge in [0.05, 0.1) is 0 Å². The number of carboxylic acids is 1. The molecule has 1 aromatic carbocycles. The zero-order valence-electron chi connectivity index (χ0n) is 15.3. The molecule has 0 radical (unpaired) electrons. The minimum absolute atomic E-state index is 0. The van der Waals surface area contributed by atoms with E-state index >= 15 is 0 Å². The average molecular weight is 376 g/mol. The van der Waals surface area contributed by atoms with Gasteiger partial charge in [-0.3, -0.25) is 14.7 Å². The van der Waals surface area contributed by atoms with Crippen LogP contribution in [0.4, 0.5) is 0 Å². The van der Waals surface area contributed by atoms with Gasteiger partial charge in [-0.1, -0.05) is 49.2 Å². The molecule has 4 nitrogen and oxygen atoms in total. The first kappa shape index (κ1) is 22.1. The van der Waals surface area contributed by atoms with Crippen molar-refractivity contribution in [1.29, 1.82) is 0 Å². The van der Waals surface area contributed by atoms with Crippen LogP contribution in [0.2, 0.25) is 0 Å². The number of likely N-dealkylation sites (tertiary alicyclic amines) is 1. The van der Waals surface area contributed by atoms with Crippen LogP contribution in [0, 0.1) is 5.92 Å². The van der Waals surface area contributed by atoms with Gasteiger partial charge in [0.1, 0.15) is 0 Å². The van der Waals surface area contributed by atoms with Crippen molar-refractivity contribution in [2.75, 3.05) is 6.54 Å². The Bertz CT molecular complexity index is 681. The summed E-state index contributed by atoms with van der Waals surface area (Å²) in [6.07, 6.45) is 9.36. The fourth-order valence-corrected chi connectivity index (χ4v) is 4.13. The van der Waals surface area contributed by atoms with Crippen molar-refractivity contribution in [3.05, 3.63) is 66.0 Å². The SMILES string of the molecule is O=C(O)CCCCC[C@@H]1CCN(Cc2cccnc2)[C@@H]1c1ccccc1.[NaH]. The Kier molecular flexibility index (Phi) is 9.49. The van der Waals surface area contributed by atoms with Crippen LogP contribution in [0.1, 0.15) is 55.7 Å². The summed E-state index contributed by atoms with van der Waals surface area (Å²) < 4.78 is 0. The predicted octanol–water partition coefficient (Wildman–Crippen LogP) is 4.03. The van der Waals surface area contributed by atoms with Gasteiger partial charge in [0.2, 0.25) is 0 Å². The third kappa shape index (κ3) is 6.72. The predicted molar refractivity (Wildman–Crippen MR) is 110 cm³/mol. The molecule has 0 spiro atoms. The molecule has 1 aliphatic heterocycles. The fourth-order valence-electron chi connectivity index (χ4n) is 4.13. The number of carboxylic acid groups (broad SMARTS) is 1. The number of aromatic nitrogens is 1. The number of unbranched alkanes of at least 4 members (excludes halogenated alkanes) is 2. The van der Waals surface area contributed by atoms with E-state index in [1.165, 1.54) is 24.0 Å². The number of carbonyl (C=O) groups is 1. The summed E-state index contributed by atoms with van der Waals surface area (Å²) in [5, 5.41) is 8.78. The van der Waals surface area contributed by atoms with Gasteiger partial charge in [0, 0.05) is 31.4 Å². The third-order valence-electron chi connectivity index (χ3n) is 5.34. The zero-order chi connectivity index (χ0) is 18.2. The van der Waals surface area contributed by atoms with E-state index in [0.29, 0.717) is 18.4 Å². The Morgan fingerprint density at radius 1 is 1.11 bits per heavy atom. The standard InChI is InChI=1S/C22H28N2O2.Na.H/c25-21(26)12-6-2-5-11-20-13-15-24(17-18-8-7-14-23-16-18)22(20)19-9-3-1-4-10-19;;/h1,3-4,7-10,14,16,20,22H,2,5-6,11-13,15,17H2,(H,25,26);;/t20-,22-;;/m1../s1. The van der Waals surface area contributed by atoms with E-state index in [4.69, 9.17) is 5.11 Å². The molecule has 5 heteroatoms. The Labute approximate surface area is 184 Å². The number of nitrogens with zero attached hydrogens (tertiary/aromatic N) is 2. The second-order valence-electron chi connectivity index (χ2n) is 7.23. The van der Waals surface area contributed by atoms with Gasteiger partial charge in [0.25, 0.3) is 0 Å². The molecule has 1 N–H and O–H groups in total. The summed E-state index contributed by atoms with van der Waals surface area (Å²) >= 11 is 0. The molecule has 1 aliphatic rings. The van der Waals surface area contributed by atoms with Gasteiger partial charge in [-0.05, 0) is 48.9 Å². The average Bonchev–Trinajstić information content (AvgIpc) is 3.05. The first-order chi connectivity index (χ1) is 12.7. The van der Waals surface area contributed by atoms with Gasteiger partial charge in [-0.15, -0.1) is 0 Å². The molecule has 2 aromatic rings. The quantitative estimate of drug-likeness (QED) is 0.530. The molecule has 0 aliphatic carbocycles. The van der Waals surface area contributed by atoms with Crippen molar-refractivity contribution in [1.82, 2.24) is 9.88 Å². The van der Waals surface area contributed by atoms with E-state index in [-0.39, 0.29) is 29.6 Å². The van der Waals surface area contributed by atoms with E-state index in [1.807, 2.05) is 18.5 Å². The van der Waals surface area contributed by atoms with E-state index in [1.54, 1.807) is 0 Å². The summed E-state index contributed by atoms with van der Waals surface area (Å²) in [5.41, 5.74) is 2.65. The number of hydrogen-bond acceptors (Lipinski definition) is 3. The van der Waals surface area contributed by atoms with Crippen molar-refractivity contribution in [3.63, 3.8) is 0 Å². The molecule has 27 heavy (non-hydrogen) atoms. The topological polar surface area (TPSA) is 53.4 Å². The molecular formula is C22H29N2NaO2. The zero-order valence-corrected chi connectivity index (χ0v) is 15.3. The molecule has 140 valence electrons. The van der Waals surface area contributed by atoms with Crippen LogP contribution in [0.3, 0.4) is 0 Å². The molecule has 1 aromatic heterocycles. The van der Waals surface area contributed by atoms with Gasteiger partial charge in [-0.2, -0.15) is 0 Å². The summed E-state index contributed by atoms with van der Waals surface area (Å²) in [4.78, 5) is 17.5. The van der Waals surface area contributed by atoms with Gasteiger partial charge >= 0.3 is 35.5 Å². The van der Waals surface area contributed by atoms with E-state index < -0.39 is 5.97 Å². The Morgan fingerprint density at radius 2 is 1.93 bits per heavy atom. The van der Waals surface area contributed by atoms with Crippen LogP contribution < -0.4 is 0 Å². The molecule has 0 saturated carbocycles. The van der Waals surface area contributed by atoms with Crippen LogP contribution in [-0.4, -0.2) is 57.1 Å². The fraction of sp³-hybridized carbons (Fsp3) is 0.455. The van der Waals surface area contributed by atoms with Crippen molar-refractivity contribution in [3.8, 4) is 0 Å². The molecular weight excluding hydrogens is 347 g/mol. The molecule has 3 rings (SSSR count). The van der Waals surface area contributed by atoms with Crippen molar-refractivity contribution >= 4 is 35.5 Å². The van der Waals surface area contributed by atoms with Crippen molar-refractivity contribution < 1.29 is 9.90 Å². The van der Waals surface area contributed by atoms with Crippen LogP contribution in [0.25, 0.3) is 0 Å². The molecule has 0 bridgehead atoms. The number of aliphatic carboxylic acids is 1. The number of benzene rings is 1. The first-order valence-electron chi connectivity index (χ1n) is 9.64. The van der Waals surface area contributed by atoms with Gasteiger partial charge in [-0.25, -0.2) is 0 Å². The maximum atomic E-state index is 10.7. The van der Waals surface area contributed by atoms with E-state index in [0.717, 1.165) is 32.4 Å². The monoisotopic (exact) mass is 376 g/mol. The van der Waals surface area contributed by atoms with Crippen molar-refractivity contribution in [2.45, 2.75) is 51.1 Å². The van der Waals surface area contributed by atoms with Gasteiger partial charge in [0.15, 0.2) is 0 Å². The Morgan fingerprint density at radius 3 is 2.63 bits per heavy atom. The minimum atomic E-state index is -0.685. The number of hydrogen-bond donors (Lipinski definition) is 1. The van der Waals surface area contributed by atoms with Crippen LogP contribution in [0.5, 0.6) is 0 Å². The third-order valence-corrected chi connectivity index (χ3v) is 5.34. The second-order valence-corrected chi connectivity index (χ2v) is 7.23. The van der Waals surface area contributed by atoms with Crippen LogP contribution in [0.15, 0.2) is 54.9 Å². The number of rotatable bonds is 9. The van der Waals surface area contributed by atoms with E-state index in [2.05, 4.69) is 46.3 Å². The summed E-state index contributed by atoms with van der Waals surface area (Å²) in [6, 6.07) is 15.4. The summed E-state index contributed by atoms with van der Waals surface area (Å²) in [7, 11) is 0. The van der Waals surface area contributed by atoms with Crippen molar-refractivity contribution in [2.24, 2.45) is 5.92 Å². The Hall–Kier alpha value is -1.20. The van der Waals surface area contributed by atoms with E-state index in [9.17, 15) is 4.79 Å². The molecule has 2 heterocycles. The first-order valence-corrected chi connectivity index (χ1v) is 9.64. The summed E-state index contributed by atoms with van der Waals surface area (Å²) in [6.45, 7) is 2.04. The number of pyridine rings is 1. The normalized spacial score (nSPS) is 19.6. The molecule has 0 amide bonds. The molecule has 2 atom stereocenters.